The molecule has 0 atom stereocenters. The summed E-state index contributed by atoms with van der Waals surface area (Å²) in [6, 6.07) is 11.6. The number of hydrogen-bond donors (Lipinski definition) is 0. The Morgan fingerprint density at radius 2 is 2.00 bits per heavy atom. The van der Waals surface area contributed by atoms with E-state index in [2.05, 4.69) is 4.99 Å². The number of sulfone groups is 1. The molecule has 2 aromatic carbocycles. The maximum atomic E-state index is 12.8. The van der Waals surface area contributed by atoms with Gasteiger partial charge in [0, 0.05) is 25.0 Å². The lowest BCUT2D eigenvalue weighted by atomic mass is 10.2. The molecule has 3 rings (SSSR count). The van der Waals surface area contributed by atoms with Crippen LogP contribution in [0.4, 0.5) is 0 Å². The highest BCUT2D eigenvalue weighted by Gasteiger charge is 2.13. The molecule has 0 aliphatic heterocycles. The molecule has 0 N–H and O–H groups in total. The maximum Gasteiger partial charge on any atom is 0.279 e. The van der Waals surface area contributed by atoms with E-state index in [9.17, 15) is 13.2 Å². The van der Waals surface area contributed by atoms with Crippen LogP contribution in [0.3, 0.4) is 0 Å². The van der Waals surface area contributed by atoms with Crippen molar-refractivity contribution in [3.8, 4) is 5.75 Å². The normalized spacial score (nSPS) is 12.4. The van der Waals surface area contributed by atoms with E-state index in [0.29, 0.717) is 24.6 Å². The molecule has 1 amide bonds. The summed E-state index contributed by atoms with van der Waals surface area (Å²) in [4.78, 5) is 17.6. The summed E-state index contributed by atoms with van der Waals surface area (Å²) in [6.45, 7) is 3.54. The van der Waals surface area contributed by atoms with Crippen molar-refractivity contribution in [1.82, 2.24) is 4.57 Å². The highest BCUT2D eigenvalue weighted by Crippen LogP contribution is 2.23. The first-order chi connectivity index (χ1) is 13.8. The third kappa shape index (κ3) is 4.92. The Kier molecular flexibility index (Phi) is 6.51. The van der Waals surface area contributed by atoms with Crippen LogP contribution >= 0.6 is 11.3 Å². The van der Waals surface area contributed by atoms with Gasteiger partial charge in [0.1, 0.15) is 5.75 Å². The van der Waals surface area contributed by atoms with Crippen molar-refractivity contribution in [1.29, 1.82) is 0 Å². The second kappa shape index (κ2) is 8.89. The molecule has 0 fully saturated rings. The van der Waals surface area contributed by atoms with Gasteiger partial charge in [0.05, 0.1) is 28.8 Å². The van der Waals surface area contributed by atoms with Gasteiger partial charge < -0.3 is 14.0 Å². The Bertz CT molecular complexity index is 1210. The molecule has 1 heterocycles. The molecule has 154 valence electrons. The lowest BCUT2D eigenvalue weighted by molar-refractivity contribution is 0.0996. The van der Waals surface area contributed by atoms with E-state index in [1.54, 1.807) is 13.2 Å². The van der Waals surface area contributed by atoms with E-state index in [1.165, 1.54) is 29.5 Å². The third-order valence-corrected chi connectivity index (χ3v) is 6.41. The molecule has 0 bridgehead atoms. The minimum absolute atomic E-state index is 0.0869. The summed E-state index contributed by atoms with van der Waals surface area (Å²) in [5, 5.41) is 0. The molecule has 7 nitrogen and oxygen atoms in total. The van der Waals surface area contributed by atoms with Crippen LogP contribution in [0.5, 0.6) is 5.75 Å². The van der Waals surface area contributed by atoms with Crippen molar-refractivity contribution < 1.29 is 22.7 Å². The van der Waals surface area contributed by atoms with Crippen molar-refractivity contribution >= 4 is 37.3 Å². The van der Waals surface area contributed by atoms with Gasteiger partial charge in [-0.3, -0.25) is 4.79 Å². The number of nitrogens with zero attached hydrogens (tertiary/aromatic N) is 2. The lowest BCUT2D eigenvalue weighted by Crippen LogP contribution is -2.19. The molecular formula is C20H22N2O5S2. The molecular weight excluding hydrogens is 412 g/mol. The predicted molar refractivity (Wildman–Crippen MR) is 112 cm³/mol. The number of methoxy groups -OCH3 is 1. The summed E-state index contributed by atoms with van der Waals surface area (Å²) in [7, 11) is -1.81. The molecule has 0 aliphatic rings. The first-order valence-electron chi connectivity index (χ1n) is 8.97. The summed E-state index contributed by atoms with van der Waals surface area (Å²) in [5.41, 5.74) is 1.14. The summed E-state index contributed by atoms with van der Waals surface area (Å²) < 4.78 is 37.1. The number of amides is 1. The fraction of sp³-hybridized carbons (Fsp3) is 0.300. The zero-order chi connectivity index (χ0) is 21.0. The second-order valence-corrected chi connectivity index (χ2v) is 9.31. The van der Waals surface area contributed by atoms with Crippen molar-refractivity contribution in [2.75, 3.05) is 26.6 Å². The van der Waals surface area contributed by atoms with E-state index in [4.69, 9.17) is 9.47 Å². The zero-order valence-electron chi connectivity index (χ0n) is 16.4. The SMILES string of the molecule is CCOCCn1c(=NC(=O)c2cccc(S(C)(=O)=O)c2)sc2cc(OC)ccc21. The first-order valence-corrected chi connectivity index (χ1v) is 11.7. The number of fused-ring (bicyclic) bond motifs is 1. The number of hydrogen-bond acceptors (Lipinski definition) is 6. The van der Waals surface area contributed by atoms with Gasteiger partial charge in [-0.25, -0.2) is 8.42 Å². The highest BCUT2D eigenvalue weighted by molar-refractivity contribution is 7.90. The fourth-order valence-corrected chi connectivity index (χ4v) is 4.54. The Hall–Kier alpha value is -2.49. The molecule has 0 saturated heterocycles. The van der Waals surface area contributed by atoms with Crippen LogP contribution in [-0.2, 0) is 21.1 Å². The van der Waals surface area contributed by atoms with Crippen molar-refractivity contribution in [2.24, 2.45) is 4.99 Å². The van der Waals surface area contributed by atoms with Gasteiger partial charge in [-0.15, -0.1) is 0 Å². The van der Waals surface area contributed by atoms with Crippen LogP contribution in [-0.4, -0.2) is 45.5 Å². The summed E-state index contributed by atoms with van der Waals surface area (Å²) in [6.07, 6.45) is 1.11. The van der Waals surface area contributed by atoms with Crippen molar-refractivity contribution in [3.05, 3.63) is 52.8 Å². The van der Waals surface area contributed by atoms with E-state index < -0.39 is 15.7 Å². The van der Waals surface area contributed by atoms with Crippen LogP contribution in [0.15, 0.2) is 52.4 Å². The number of aromatic nitrogens is 1. The predicted octanol–water partition coefficient (Wildman–Crippen LogP) is 2.89. The molecule has 0 aliphatic carbocycles. The second-order valence-electron chi connectivity index (χ2n) is 6.28. The van der Waals surface area contributed by atoms with Crippen LogP contribution in [0, 0.1) is 0 Å². The van der Waals surface area contributed by atoms with E-state index in [1.807, 2.05) is 29.7 Å². The molecule has 3 aromatic rings. The smallest absolute Gasteiger partial charge is 0.279 e. The monoisotopic (exact) mass is 434 g/mol. The van der Waals surface area contributed by atoms with Gasteiger partial charge in [-0.1, -0.05) is 17.4 Å². The Morgan fingerprint density at radius 3 is 2.69 bits per heavy atom. The van der Waals surface area contributed by atoms with Gasteiger partial charge in [-0.05, 0) is 43.3 Å². The van der Waals surface area contributed by atoms with Crippen LogP contribution in [0.2, 0.25) is 0 Å². The van der Waals surface area contributed by atoms with Crippen molar-refractivity contribution in [3.63, 3.8) is 0 Å². The number of thiazole rings is 1. The summed E-state index contributed by atoms with van der Waals surface area (Å²) >= 11 is 1.37. The van der Waals surface area contributed by atoms with E-state index >= 15 is 0 Å². The minimum atomic E-state index is -3.41. The van der Waals surface area contributed by atoms with Gasteiger partial charge in [-0.2, -0.15) is 4.99 Å². The topological polar surface area (TPSA) is 87.0 Å². The quantitative estimate of drug-likeness (QED) is 0.534. The van der Waals surface area contributed by atoms with E-state index in [-0.39, 0.29) is 10.5 Å². The van der Waals surface area contributed by atoms with Gasteiger partial charge in [0.15, 0.2) is 14.6 Å². The molecule has 0 saturated carbocycles. The summed E-state index contributed by atoms with van der Waals surface area (Å²) in [5.74, 6) is 0.216. The number of carbonyl (C=O) groups excluding carboxylic acids is 1. The van der Waals surface area contributed by atoms with Crippen LogP contribution in [0.1, 0.15) is 17.3 Å². The fourth-order valence-electron chi connectivity index (χ4n) is 2.79. The molecule has 9 heteroatoms. The molecule has 0 spiro atoms. The van der Waals surface area contributed by atoms with Gasteiger partial charge in [0.25, 0.3) is 5.91 Å². The Labute approximate surface area is 173 Å². The van der Waals surface area contributed by atoms with Crippen molar-refractivity contribution in [2.45, 2.75) is 18.4 Å². The minimum Gasteiger partial charge on any atom is -0.497 e. The zero-order valence-corrected chi connectivity index (χ0v) is 18.0. The Morgan fingerprint density at radius 1 is 1.21 bits per heavy atom. The van der Waals surface area contributed by atoms with Crippen LogP contribution in [0.25, 0.3) is 10.2 Å². The third-order valence-electron chi connectivity index (χ3n) is 4.26. The van der Waals surface area contributed by atoms with Gasteiger partial charge in [0.2, 0.25) is 0 Å². The Balaban J connectivity index is 2.08. The number of ether oxygens (including phenoxy) is 2. The van der Waals surface area contributed by atoms with E-state index in [0.717, 1.165) is 22.2 Å². The molecule has 0 radical (unpaired) electrons. The number of benzene rings is 2. The van der Waals surface area contributed by atoms with Crippen LogP contribution < -0.4 is 9.54 Å². The molecule has 29 heavy (non-hydrogen) atoms. The molecule has 0 unspecified atom stereocenters. The standard InChI is InChI=1S/C20H22N2O5S2/c1-4-27-11-10-22-17-9-8-15(26-2)13-18(17)28-20(22)21-19(23)14-6-5-7-16(12-14)29(3,24)25/h5-9,12-13H,4,10-11H2,1-3H3. The lowest BCUT2D eigenvalue weighted by Gasteiger charge is -2.06. The highest BCUT2D eigenvalue weighted by atomic mass is 32.2. The first kappa shape index (κ1) is 21.2. The molecule has 1 aromatic heterocycles. The number of rotatable bonds is 7. The number of carbonyl (C=O) groups is 1. The largest absolute Gasteiger partial charge is 0.497 e. The maximum absolute atomic E-state index is 12.8. The average Bonchev–Trinajstić information content (AvgIpc) is 3.03. The average molecular weight is 435 g/mol. The van der Waals surface area contributed by atoms with Gasteiger partial charge >= 0.3 is 0 Å².